The number of esters is 1. The molecule has 7 heteroatoms. The third-order valence-corrected chi connectivity index (χ3v) is 4.28. The molecular formula is C17H28ClNO5. The molecule has 0 bridgehead atoms. The summed E-state index contributed by atoms with van der Waals surface area (Å²) in [4.78, 5) is 26.9. The number of hydrogen-bond donors (Lipinski definition) is 0. The van der Waals surface area contributed by atoms with E-state index in [4.69, 9.17) is 25.8 Å². The third kappa shape index (κ3) is 4.42. The Balaban J connectivity index is 3.25. The maximum absolute atomic E-state index is 12.8. The van der Waals surface area contributed by atoms with Gasteiger partial charge in [0.15, 0.2) is 5.54 Å². The van der Waals surface area contributed by atoms with Crippen molar-refractivity contribution in [1.29, 1.82) is 0 Å². The van der Waals surface area contributed by atoms with Gasteiger partial charge in [-0.2, -0.15) is 0 Å². The van der Waals surface area contributed by atoms with Crippen LogP contribution in [0.4, 0.5) is 4.79 Å². The molecule has 1 saturated heterocycles. The second kappa shape index (κ2) is 8.21. The zero-order valence-corrected chi connectivity index (χ0v) is 15.9. The molecule has 0 aromatic carbocycles. The predicted molar refractivity (Wildman–Crippen MR) is 92.2 cm³/mol. The van der Waals surface area contributed by atoms with Crippen LogP contribution in [0.25, 0.3) is 0 Å². The Bertz CT molecular complexity index is 484. The van der Waals surface area contributed by atoms with E-state index in [2.05, 4.69) is 6.58 Å². The zero-order chi connectivity index (χ0) is 18.5. The molecular weight excluding hydrogens is 334 g/mol. The first kappa shape index (κ1) is 20.8. The molecule has 1 aliphatic heterocycles. The van der Waals surface area contributed by atoms with Crippen molar-refractivity contribution >= 4 is 23.7 Å². The van der Waals surface area contributed by atoms with Crippen LogP contribution in [-0.4, -0.2) is 60.3 Å². The Hall–Kier alpha value is -1.27. The summed E-state index contributed by atoms with van der Waals surface area (Å²) in [6.45, 7) is 11.6. The first-order valence-corrected chi connectivity index (χ1v) is 8.60. The number of carbonyl (C=O) groups excluding carboxylic acids is 2. The molecule has 2 atom stereocenters. The molecule has 1 unspecified atom stereocenters. The van der Waals surface area contributed by atoms with E-state index in [1.54, 1.807) is 27.7 Å². The lowest BCUT2D eigenvalue weighted by Crippen LogP contribution is -2.57. The average molecular weight is 362 g/mol. The maximum atomic E-state index is 12.8. The van der Waals surface area contributed by atoms with Crippen molar-refractivity contribution in [2.45, 2.75) is 57.8 Å². The van der Waals surface area contributed by atoms with Crippen LogP contribution in [0.15, 0.2) is 12.2 Å². The molecule has 1 fully saturated rings. The van der Waals surface area contributed by atoms with Gasteiger partial charge in [0.05, 0.1) is 12.7 Å². The molecule has 138 valence electrons. The molecule has 0 spiro atoms. The minimum Gasteiger partial charge on any atom is -0.464 e. The van der Waals surface area contributed by atoms with Crippen LogP contribution < -0.4 is 0 Å². The van der Waals surface area contributed by atoms with E-state index < -0.39 is 29.3 Å². The molecule has 0 saturated carbocycles. The highest BCUT2D eigenvalue weighted by Crippen LogP contribution is 2.40. The Labute approximate surface area is 149 Å². The van der Waals surface area contributed by atoms with Crippen LogP contribution in [0.1, 0.15) is 40.5 Å². The van der Waals surface area contributed by atoms with Gasteiger partial charge in [0, 0.05) is 26.0 Å². The Kier molecular flexibility index (Phi) is 7.10. The summed E-state index contributed by atoms with van der Waals surface area (Å²) in [5.41, 5.74) is -1.37. The molecule has 1 amide bonds. The highest BCUT2D eigenvalue weighted by Gasteiger charge is 2.55. The summed E-state index contributed by atoms with van der Waals surface area (Å²) >= 11 is 5.93. The topological polar surface area (TPSA) is 65.1 Å². The van der Waals surface area contributed by atoms with Gasteiger partial charge in [-0.1, -0.05) is 6.58 Å². The van der Waals surface area contributed by atoms with Crippen LogP contribution in [0.3, 0.4) is 0 Å². The minimum atomic E-state index is -1.31. The van der Waals surface area contributed by atoms with Crippen molar-refractivity contribution < 1.29 is 23.8 Å². The normalized spacial score (nSPS) is 22.4. The van der Waals surface area contributed by atoms with Crippen LogP contribution in [0.2, 0.25) is 0 Å². The van der Waals surface area contributed by atoms with Crippen LogP contribution in [0.5, 0.6) is 0 Å². The summed E-state index contributed by atoms with van der Waals surface area (Å²) in [7, 11) is 1.52. The first-order chi connectivity index (χ1) is 11.1. The Morgan fingerprint density at radius 1 is 1.42 bits per heavy atom. The molecule has 0 N–H and O–H groups in total. The fourth-order valence-corrected chi connectivity index (χ4v) is 3.01. The summed E-state index contributed by atoms with van der Waals surface area (Å²) in [6.07, 6.45) is -0.310. The summed E-state index contributed by atoms with van der Waals surface area (Å²) in [6, 6.07) is 0. The molecule has 6 nitrogen and oxygen atoms in total. The number of carbonyl (C=O) groups is 2. The maximum Gasteiger partial charge on any atom is 0.411 e. The lowest BCUT2D eigenvalue weighted by molar-refractivity contribution is -0.155. The van der Waals surface area contributed by atoms with Crippen molar-refractivity contribution in [2.24, 2.45) is 0 Å². The van der Waals surface area contributed by atoms with Crippen molar-refractivity contribution in [3.63, 3.8) is 0 Å². The van der Waals surface area contributed by atoms with Gasteiger partial charge < -0.3 is 14.2 Å². The van der Waals surface area contributed by atoms with Crippen LogP contribution >= 0.6 is 11.6 Å². The van der Waals surface area contributed by atoms with Gasteiger partial charge in [-0.25, -0.2) is 9.59 Å². The van der Waals surface area contributed by atoms with E-state index in [-0.39, 0.29) is 18.9 Å². The molecule has 1 aliphatic rings. The summed E-state index contributed by atoms with van der Waals surface area (Å²) in [5.74, 6) is -0.335. The Morgan fingerprint density at radius 2 is 2.04 bits per heavy atom. The van der Waals surface area contributed by atoms with Gasteiger partial charge in [0.25, 0.3) is 0 Å². The molecule has 1 heterocycles. The quantitative estimate of drug-likeness (QED) is 0.413. The number of ether oxygens (including phenoxy) is 3. The van der Waals surface area contributed by atoms with E-state index in [9.17, 15) is 9.59 Å². The second-order valence-electron chi connectivity index (χ2n) is 6.78. The molecule has 0 aromatic rings. The average Bonchev–Trinajstić information content (AvgIpc) is 2.81. The van der Waals surface area contributed by atoms with E-state index in [1.165, 1.54) is 12.0 Å². The van der Waals surface area contributed by atoms with Gasteiger partial charge in [0.2, 0.25) is 0 Å². The highest BCUT2D eigenvalue weighted by molar-refractivity contribution is 6.18. The van der Waals surface area contributed by atoms with Crippen molar-refractivity contribution in [3.8, 4) is 0 Å². The Morgan fingerprint density at radius 3 is 2.50 bits per heavy atom. The number of halogens is 1. The SMILES string of the molecule is C=C1CCN(C(=O)OC(C)(C)C)C1(C[C@@H](CCl)OC)C(=O)OCC. The second-order valence-corrected chi connectivity index (χ2v) is 7.09. The highest BCUT2D eigenvalue weighted by atomic mass is 35.5. The number of alkyl halides is 1. The fourth-order valence-electron chi connectivity index (χ4n) is 2.77. The predicted octanol–water partition coefficient (Wildman–Crippen LogP) is 3.13. The lowest BCUT2D eigenvalue weighted by atomic mass is 9.85. The largest absolute Gasteiger partial charge is 0.464 e. The van der Waals surface area contributed by atoms with Gasteiger partial charge in [-0.3, -0.25) is 4.90 Å². The number of methoxy groups -OCH3 is 1. The first-order valence-electron chi connectivity index (χ1n) is 8.07. The summed E-state index contributed by atoms with van der Waals surface area (Å²) in [5, 5.41) is 0. The smallest absolute Gasteiger partial charge is 0.411 e. The monoisotopic (exact) mass is 361 g/mol. The standard InChI is InChI=1S/C17H28ClNO5/c1-7-23-14(20)17(10-13(11-18)22-6)12(2)8-9-19(17)15(21)24-16(3,4)5/h13H,2,7-11H2,1,3-6H3/t13-,17?/m0/s1. The van der Waals surface area contributed by atoms with E-state index >= 15 is 0 Å². The van der Waals surface area contributed by atoms with Gasteiger partial charge >= 0.3 is 12.1 Å². The molecule has 0 radical (unpaired) electrons. The summed E-state index contributed by atoms with van der Waals surface area (Å²) < 4.78 is 16.1. The number of nitrogens with zero attached hydrogens (tertiary/aromatic N) is 1. The zero-order valence-electron chi connectivity index (χ0n) is 15.2. The van der Waals surface area contributed by atoms with Crippen LogP contribution in [-0.2, 0) is 19.0 Å². The minimum absolute atomic E-state index is 0.184. The number of hydrogen-bond acceptors (Lipinski definition) is 5. The van der Waals surface area contributed by atoms with Crippen molar-refractivity contribution in [1.82, 2.24) is 4.90 Å². The molecule has 1 rings (SSSR count). The molecule has 0 aliphatic carbocycles. The van der Waals surface area contributed by atoms with E-state index in [0.717, 1.165) is 0 Å². The van der Waals surface area contributed by atoms with E-state index in [0.29, 0.717) is 18.5 Å². The lowest BCUT2D eigenvalue weighted by Gasteiger charge is -2.39. The van der Waals surface area contributed by atoms with E-state index in [1.807, 2.05) is 0 Å². The molecule has 24 heavy (non-hydrogen) atoms. The van der Waals surface area contributed by atoms with Crippen molar-refractivity contribution in [3.05, 3.63) is 12.2 Å². The molecule has 0 aromatic heterocycles. The van der Waals surface area contributed by atoms with Gasteiger partial charge in [-0.15, -0.1) is 11.6 Å². The van der Waals surface area contributed by atoms with Crippen molar-refractivity contribution in [2.75, 3.05) is 26.1 Å². The van der Waals surface area contributed by atoms with Gasteiger partial charge in [-0.05, 0) is 39.7 Å². The fraction of sp³-hybridized carbons (Fsp3) is 0.765. The number of rotatable bonds is 6. The third-order valence-electron chi connectivity index (χ3n) is 3.94. The van der Waals surface area contributed by atoms with Crippen LogP contribution in [0, 0.1) is 0 Å². The number of amides is 1. The van der Waals surface area contributed by atoms with Gasteiger partial charge in [0.1, 0.15) is 5.60 Å². The number of likely N-dealkylation sites (tertiary alicyclic amines) is 1.